The fraction of sp³-hybridized carbons (Fsp3) is 0.417. The van der Waals surface area contributed by atoms with Gasteiger partial charge in [0, 0.05) is 40.1 Å². The van der Waals surface area contributed by atoms with E-state index in [2.05, 4.69) is 17.5 Å². The van der Waals surface area contributed by atoms with Crippen LogP contribution in [0.25, 0.3) is 0 Å². The lowest BCUT2D eigenvalue weighted by Crippen LogP contribution is -2.22. The van der Waals surface area contributed by atoms with Crippen molar-refractivity contribution in [2.45, 2.75) is 18.3 Å². The molecule has 0 aromatic heterocycles. The second-order valence-corrected chi connectivity index (χ2v) is 6.55. The Hall–Kier alpha value is -1.15. The van der Waals surface area contributed by atoms with E-state index >= 15 is 0 Å². The van der Waals surface area contributed by atoms with Crippen LogP contribution in [0.2, 0.25) is 0 Å². The van der Waals surface area contributed by atoms with Crippen molar-refractivity contribution in [3.63, 3.8) is 0 Å². The second-order valence-electron chi connectivity index (χ2n) is 4.31. The van der Waals surface area contributed by atoms with Crippen LogP contribution >= 0.6 is 12.2 Å². The summed E-state index contributed by atoms with van der Waals surface area (Å²) in [4.78, 5) is -0.312. The monoisotopic (exact) mass is 324 g/mol. The van der Waals surface area contributed by atoms with Gasteiger partial charge in [-0.1, -0.05) is 12.2 Å². The Morgan fingerprint density at radius 1 is 1.50 bits per heavy atom. The van der Waals surface area contributed by atoms with Crippen molar-refractivity contribution < 1.29 is 17.4 Å². The van der Waals surface area contributed by atoms with Crippen LogP contribution in [-0.2, 0) is 17.0 Å². The maximum atomic E-state index is 12.8. The number of thiocarbonyl (C=S) groups is 1. The molecule has 3 nitrogen and oxygen atoms in total. The first kappa shape index (κ1) is 16.9. The molecule has 2 unspecified atom stereocenters. The average Bonchev–Trinajstić information content (AvgIpc) is 2.34. The number of halogens is 3. The lowest BCUT2D eigenvalue weighted by atomic mass is 10.1. The smallest absolute Gasteiger partial charge is 0.389 e. The van der Waals surface area contributed by atoms with Crippen LogP contribution in [0.15, 0.2) is 18.2 Å². The Morgan fingerprint density at radius 2 is 2.10 bits per heavy atom. The molecule has 0 aliphatic carbocycles. The quantitative estimate of drug-likeness (QED) is 0.817. The van der Waals surface area contributed by atoms with Crippen LogP contribution in [-0.4, -0.2) is 27.2 Å². The summed E-state index contributed by atoms with van der Waals surface area (Å²) in [6.07, 6.45) is -2.94. The Morgan fingerprint density at radius 3 is 2.55 bits per heavy atom. The number of hydrogen-bond acceptors (Lipinski definition) is 3. The third-order valence-corrected chi connectivity index (χ3v) is 4.27. The van der Waals surface area contributed by atoms with E-state index in [1.807, 2.05) is 0 Å². The largest absolute Gasteiger partial charge is 0.417 e. The van der Waals surface area contributed by atoms with Crippen LogP contribution < -0.4 is 11.1 Å². The average molecular weight is 324 g/mol. The molecule has 20 heavy (non-hydrogen) atoms. The number of hydrogen-bond donors (Lipinski definition) is 2. The third-order valence-electron chi connectivity index (χ3n) is 2.75. The molecule has 112 valence electrons. The Bertz CT molecular complexity index is 532. The van der Waals surface area contributed by atoms with Crippen molar-refractivity contribution >= 4 is 33.7 Å². The summed E-state index contributed by atoms with van der Waals surface area (Å²) in [7, 11) is -1.01. The van der Waals surface area contributed by atoms with Gasteiger partial charge in [0.05, 0.1) is 5.56 Å². The summed E-state index contributed by atoms with van der Waals surface area (Å²) in [6.45, 7) is 2.16. The van der Waals surface area contributed by atoms with Crippen molar-refractivity contribution in [3.05, 3.63) is 29.3 Å². The van der Waals surface area contributed by atoms with Crippen LogP contribution in [0.3, 0.4) is 0 Å². The SMILES string of the molecule is CC(CNc1ccc(C(F)(F)F)c(C(N)=S)c1)S(C)=O. The van der Waals surface area contributed by atoms with Gasteiger partial charge in [0.2, 0.25) is 0 Å². The Balaban J connectivity index is 3.00. The fourth-order valence-corrected chi connectivity index (χ4v) is 1.97. The van der Waals surface area contributed by atoms with Crippen molar-refractivity contribution in [1.29, 1.82) is 0 Å². The molecular weight excluding hydrogens is 309 g/mol. The molecule has 2 atom stereocenters. The highest BCUT2D eigenvalue weighted by molar-refractivity contribution is 7.84. The van der Waals surface area contributed by atoms with Crippen LogP contribution in [0.1, 0.15) is 18.1 Å². The summed E-state index contributed by atoms with van der Waals surface area (Å²) < 4.78 is 49.6. The van der Waals surface area contributed by atoms with Gasteiger partial charge < -0.3 is 11.1 Å². The van der Waals surface area contributed by atoms with Gasteiger partial charge in [-0.05, 0) is 25.1 Å². The zero-order chi connectivity index (χ0) is 15.5. The highest BCUT2D eigenvalue weighted by atomic mass is 32.2. The van der Waals surface area contributed by atoms with Crippen LogP contribution in [0, 0.1) is 0 Å². The van der Waals surface area contributed by atoms with Gasteiger partial charge >= 0.3 is 6.18 Å². The van der Waals surface area contributed by atoms with Gasteiger partial charge in [0.15, 0.2) is 0 Å². The molecule has 8 heteroatoms. The minimum atomic E-state index is -4.50. The molecule has 0 aliphatic heterocycles. The molecule has 3 N–H and O–H groups in total. The zero-order valence-electron chi connectivity index (χ0n) is 11.0. The normalized spacial score (nSPS) is 14.7. The van der Waals surface area contributed by atoms with Crippen molar-refractivity contribution in [2.24, 2.45) is 5.73 Å². The Kier molecular flexibility index (Phi) is 5.52. The number of rotatable bonds is 5. The lowest BCUT2D eigenvalue weighted by molar-refractivity contribution is -0.137. The van der Waals surface area contributed by atoms with Crippen LogP contribution in [0.5, 0.6) is 0 Å². The highest BCUT2D eigenvalue weighted by Crippen LogP contribution is 2.33. The van der Waals surface area contributed by atoms with Crippen molar-refractivity contribution in [3.8, 4) is 0 Å². The molecule has 0 heterocycles. The lowest BCUT2D eigenvalue weighted by Gasteiger charge is -2.15. The molecule has 0 spiro atoms. The zero-order valence-corrected chi connectivity index (χ0v) is 12.6. The predicted molar refractivity (Wildman–Crippen MR) is 79.3 cm³/mol. The van der Waals surface area contributed by atoms with E-state index in [0.717, 1.165) is 6.07 Å². The number of nitrogens with two attached hydrogens (primary N) is 1. The first-order chi connectivity index (χ1) is 9.12. The van der Waals surface area contributed by atoms with Crippen molar-refractivity contribution in [2.75, 3.05) is 18.1 Å². The van der Waals surface area contributed by atoms with E-state index in [1.165, 1.54) is 12.1 Å². The van der Waals surface area contributed by atoms with Gasteiger partial charge in [0.25, 0.3) is 0 Å². The number of nitrogens with one attached hydrogen (secondary N) is 1. The Labute approximate surface area is 123 Å². The summed E-state index contributed by atoms with van der Waals surface area (Å²) in [6, 6.07) is 3.50. The van der Waals surface area contributed by atoms with Crippen LogP contribution in [0.4, 0.5) is 18.9 Å². The first-order valence-electron chi connectivity index (χ1n) is 5.70. The van der Waals surface area contributed by atoms with E-state index in [9.17, 15) is 17.4 Å². The maximum Gasteiger partial charge on any atom is 0.417 e. The second kappa shape index (κ2) is 6.53. The molecule has 0 fully saturated rings. The molecule has 0 saturated carbocycles. The molecule has 0 aliphatic rings. The molecule has 1 rings (SSSR count). The molecule has 1 aromatic carbocycles. The van der Waals surface area contributed by atoms with E-state index in [0.29, 0.717) is 12.2 Å². The molecule has 0 bridgehead atoms. The van der Waals surface area contributed by atoms with E-state index in [1.54, 1.807) is 13.2 Å². The van der Waals surface area contributed by atoms with E-state index < -0.39 is 22.5 Å². The molecule has 0 amide bonds. The summed E-state index contributed by atoms with van der Waals surface area (Å²) in [5, 5.41) is 2.80. The first-order valence-corrected chi connectivity index (χ1v) is 7.73. The summed E-state index contributed by atoms with van der Waals surface area (Å²) in [5.41, 5.74) is 4.72. The highest BCUT2D eigenvalue weighted by Gasteiger charge is 2.34. The van der Waals surface area contributed by atoms with Gasteiger partial charge in [-0.15, -0.1) is 0 Å². The number of alkyl halides is 3. The minimum absolute atomic E-state index is 0.120. The van der Waals surface area contributed by atoms with E-state index in [4.69, 9.17) is 5.73 Å². The van der Waals surface area contributed by atoms with E-state index in [-0.39, 0.29) is 15.8 Å². The molecule has 1 aromatic rings. The van der Waals surface area contributed by atoms with Gasteiger partial charge in [-0.3, -0.25) is 4.21 Å². The van der Waals surface area contributed by atoms with Gasteiger partial charge in [-0.25, -0.2) is 0 Å². The van der Waals surface area contributed by atoms with Gasteiger partial charge in [-0.2, -0.15) is 13.2 Å². The fourth-order valence-electron chi connectivity index (χ4n) is 1.48. The van der Waals surface area contributed by atoms with Crippen molar-refractivity contribution in [1.82, 2.24) is 0 Å². The maximum absolute atomic E-state index is 12.8. The molecule has 0 radical (unpaired) electrons. The molecule has 0 saturated heterocycles. The topological polar surface area (TPSA) is 55.1 Å². The van der Waals surface area contributed by atoms with Gasteiger partial charge in [0.1, 0.15) is 4.99 Å². The third kappa shape index (κ3) is 4.45. The number of benzene rings is 1. The molecular formula is C12H15F3N2OS2. The predicted octanol–water partition coefficient (Wildman–Crippen LogP) is 2.52. The standard InChI is InChI=1S/C12H15F3N2OS2/c1-7(20(2)18)6-17-8-3-4-10(12(13,14)15)9(5-8)11(16)19/h3-5,7,17H,6H2,1-2H3,(H2,16,19). The minimum Gasteiger partial charge on any atom is -0.389 e. The summed E-state index contributed by atoms with van der Waals surface area (Å²) in [5.74, 6) is 0. The summed E-state index contributed by atoms with van der Waals surface area (Å²) >= 11 is 4.66. The number of anilines is 1.